The van der Waals surface area contributed by atoms with Crippen LogP contribution in [0.15, 0.2) is 6.20 Å². The van der Waals surface area contributed by atoms with Crippen molar-refractivity contribution < 1.29 is 9.91 Å². The van der Waals surface area contributed by atoms with Crippen LogP contribution in [-0.2, 0) is 0 Å². The third-order valence-corrected chi connectivity index (χ3v) is 0.938. The Kier molecular flexibility index (Phi) is 1.18. The molecule has 9 heavy (non-hydrogen) atoms. The Morgan fingerprint density at radius 3 is 2.78 bits per heavy atom. The molecule has 0 saturated carbocycles. The Morgan fingerprint density at radius 1 is 1.89 bits per heavy atom. The van der Waals surface area contributed by atoms with Crippen molar-refractivity contribution in [1.29, 1.82) is 0 Å². The second-order valence-electron chi connectivity index (χ2n) is 1.68. The maximum Gasteiger partial charge on any atom is 0.363 e. The average molecular weight is 128 g/mol. The third-order valence-electron chi connectivity index (χ3n) is 0.938. The van der Waals surface area contributed by atoms with Crippen molar-refractivity contribution in [3.05, 3.63) is 22.1 Å². The number of imidazole rings is 1. The summed E-state index contributed by atoms with van der Waals surface area (Å²) < 4.78 is 0. The molecule has 5 nitrogen and oxygen atoms in total. The first kappa shape index (κ1) is 5.74. The molecule has 0 aliphatic carbocycles. The third kappa shape index (κ3) is 1.04. The van der Waals surface area contributed by atoms with Gasteiger partial charge in [-0.2, -0.15) is 0 Å². The highest BCUT2D eigenvalue weighted by atomic mass is 16.6. The van der Waals surface area contributed by atoms with Crippen LogP contribution < -0.4 is 4.98 Å². The van der Waals surface area contributed by atoms with Crippen LogP contribution in [0.4, 0.5) is 5.82 Å². The van der Waals surface area contributed by atoms with Crippen LogP contribution in [0.2, 0.25) is 0 Å². The van der Waals surface area contributed by atoms with Crippen LogP contribution in [0.3, 0.4) is 0 Å². The predicted octanol–water partition coefficient (Wildman–Crippen LogP) is 0.0454. The average Bonchev–Trinajstić information content (AvgIpc) is 2.14. The highest BCUT2D eigenvalue weighted by Crippen LogP contribution is 2.00. The predicted molar refractivity (Wildman–Crippen MR) is 28.7 cm³/mol. The van der Waals surface area contributed by atoms with Gasteiger partial charge in [0.1, 0.15) is 0 Å². The molecule has 0 fully saturated rings. The van der Waals surface area contributed by atoms with Gasteiger partial charge in [0.15, 0.2) is 6.20 Å². The van der Waals surface area contributed by atoms with E-state index in [1.807, 2.05) is 0 Å². The summed E-state index contributed by atoms with van der Waals surface area (Å²) in [5, 5.41) is 9.97. The second kappa shape index (κ2) is 1.85. The lowest BCUT2D eigenvalue weighted by Gasteiger charge is -1.82. The van der Waals surface area contributed by atoms with Gasteiger partial charge in [0.05, 0.1) is 0 Å². The van der Waals surface area contributed by atoms with E-state index in [2.05, 4.69) is 9.97 Å². The Balaban J connectivity index is 2.98. The van der Waals surface area contributed by atoms with Gasteiger partial charge in [0, 0.05) is 6.92 Å². The SMILES string of the molecule is Cc1[nH]c([N+](=O)[O-])c[nH+]1. The van der Waals surface area contributed by atoms with Gasteiger partial charge in [-0.25, -0.2) is 9.97 Å². The zero-order valence-corrected chi connectivity index (χ0v) is 4.84. The van der Waals surface area contributed by atoms with Crippen molar-refractivity contribution in [3.8, 4) is 0 Å². The van der Waals surface area contributed by atoms with Gasteiger partial charge >= 0.3 is 5.82 Å². The summed E-state index contributed by atoms with van der Waals surface area (Å²) in [6, 6.07) is 0. The molecule has 0 amide bonds. The summed E-state index contributed by atoms with van der Waals surface area (Å²) in [5.41, 5.74) is 0. The topological polar surface area (TPSA) is 73.1 Å². The molecule has 1 rings (SSSR count). The summed E-state index contributed by atoms with van der Waals surface area (Å²) in [7, 11) is 0. The fourth-order valence-corrected chi connectivity index (χ4v) is 0.539. The molecule has 5 heteroatoms. The number of H-pyrrole nitrogens is 2. The summed E-state index contributed by atoms with van der Waals surface area (Å²) >= 11 is 0. The van der Waals surface area contributed by atoms with Crippen LogP contribution in [0.5, 0.6) is 0 Å². The Morgan fingerprint density at radius 2 is 2.56 bits per heavy atom. The molecule has 0 spiro atoms. The summed E-state index contributed by atoms with van der Waals surface area (Å²) in [4.78, 5) is 14.7. The molecule has 0 atom stereocenters. The molecule has 0 saturated heterocycles. The van der Waals surface area contributed by atoms with Crippen molar-refractivity contribution in [2.75, 3.05) is 0 Å². The number of nitro groups is 1. The molecule has 48 valence electrons. The van der Waals surface area contributed by atoms with Gasteiger partial charge < -0.3 is 10.1 Å². The molecule has 0 aromatic carbocycles. The molecular weight excluding hydrogens is 122 g/mol. The summed E-state index contributed by atoms with van der Waals surface area (Å²) in [6.45, 7) is 1.72. The van der Waals surface area contributed by atoms with E-state index in [0.29, 0.717) is 5.82 Å². The lowest BCUT2D eigenvalue weighted by atomic mass is 10.7. The van der Waals surface area contributed by atoms with Crippen molar-refractivity contribution >= 4 is 5.82 Å². The van der Waals surface area contributed by atoms with E-state index in [-0.39, 0.29) is 5.82 Å². The van der Waals surface area contributed by atoms with Gasteiger partial charge in [0.2, 0.25) is 0 Å². The zero-order chi connectivity index (χ0) is 6.85. The highest BCUT2D eigenvalue weighted by molar-refractivity contribution is 5.08. The first-order chi connectivity index (χ1) is 4.20. The van der Waals surface area contributed by atoms with Crippen molar-refractivity contribution in [1.82, 2.24) is 4.98 Å². The van der Waals surface area contributed by atoms with Crippen LogP contribution in [0, 0.1) is 17.0 Å². The molecular formula is C4H6N3O2+. The molecule has 0 bridgehead atoms. The minimum Gasteiger partial charge on any atom is -0.358 e. The number of aromatic nitrogens is 2. The standard InChI is InChI=1S/C4H5N3O2/c1-3-5-2-4(6-3)7(8)9/h2H,1H3,(H,5,6)/p+1. The van der Waals surface area contributed by atoms with E-state index >= 15 is 0 Å². The first-order valence-corrected chi connectivity index (χ1v) is 2.42. The normalized spacial score (nSPS) is 9.44. The van der Waals surface area contributed by atoms with E-state index in [4.69, 9.17) is 0 Å². The van der Waals surface area contributed by atoms with Crippen LogP contribution in [0.1, 0.15) is 5.82 Å². The van der Waals surface area contributed by atoms with Gasteiger partial charge in [-0.05, 0) is 4.92 Å². The number of nitrogens with one attached hydrogen (secondary N) is 2. The number of hydrogen-bond donors (Lipinski definition) is 1. The summed E-state index contributed by atoms with van der Waals surface area (Å²) in [6.07, 6.45) is 1.31. The van der Waals surface area contributed by atoms with Gasteiger partial charge in [0.25, 0.3) is 5.82 Å². The van der Waals surface area contributed by atoms with E-state index in [9.17, 15) is 10.1 Å². The van der Waals surface area contributed by atoms with E-state index in [1.54, 1.807) is 6.92 Å². The van der Waals surface area contributed by atoms with E-state index < -0.39 is 4.92 Å². The van der Waals surface area contributed by atoms with Crippen molar-refractivity contribution in [3.63, 3.8) is 0 Å². The maximum atomic E-state index is 9.97. The van der Waals surface area contributed by atoms with Gasteiger partial charge in [-0.1, -0.05) is 0 Å². The number of rotatable bonds is 1. The summed E-state index contributed by atoms with van der Waals surface area (Å²) in [5.74, 6) is 0.675. The molecule has 0 radical (unpaired) electrons. The van der Waals surface area contributed by atoms with Crippen LogP contribution >= 0.6 is 0 Å². The number of hydrogen-bond acceptors (Lipinski definition) is 2. The lowest BCUT2D eigenvalue weighted by Crippen LogP contribution is -1.98. The highest BCUT2D eigenvalue weighted by Gasteiger charge is 2.06. The number of nitrogens with zero attached hydrogens (tertiary/aromatic N) is 1. The fourth-order valence-electron chi connectivity index (χ4n) is 0.539. The lowest BCUT2D eigenvalue weighted by molar-refractivity contribution is -0.411. The second-order valence-corrected chi connectivity index (χ2v) is 1.68. The molecule has 1 aromatic rings. The van der Waals surface area contributed by atoms with E-state index in [0.717, 1.165) is 0 Å². The molecule has 0 unspecified atom stereocenters. The van der Waals surface area contributed by atoms with Crippen LogP contribution in [-0.4, -0.2) is 9.91 Å². The fraction of sp³-hybridized carbons (Fsp3) is 0.250. The smallest absolute Gasteiger partial charge is 0.358 e. The number of aryl methyl sites for hydroxylation is 1. The monoisotopic (exact) mass is 128 g/mol. The molecule has 1 aromatic heterocycles. The van der Waals surface area contributed by atoms with Crippen molar-refractivity contribution in [2.45, 2.75) is 6.92 Å². The van der Waals surface area contributed by atoms with Crippen molar-refractivity contribution in [2.24, 2.45) is 0 Å². The molecule has 2 N–H and O–H groups in total. The minimum atomic E-state index is -0.483. The Labute approximate surface area is 50.9 Å². The van der Waals surface area contributed by atoms with Gasteiger partial charge in [-0.3, -0.25) is 0 Å². The maximum absolute atomic E-state index is 9.97. The largest absolute Gasteiger partial charge is 0.363 e. The zero-order valence-electron chi connectivity index (χ0n) is 4.84. The molecule has 0 aliphatic heterocycles. The Bertz CT molecular complexity index is 229. The molecule has 0 aliphatic rings. The quantitative estimate of drug-likeness (QED) is 0.428. The van der Waals surface area contributed by atoms with Crippen LogP contribution in [0.25, 0.3) is 0 Å². The minimum absolute atomic E-state index is 0.00694. The molecule has 1 heterocycles. The van der Waals surface area contributed by atoms with Gasteiger partial charge in [-0.15, -0.1) is 0 Å². The first-order valence-electron chi connectivity index (χ1n) is 2.42. The number of aromatic amines is 2. The Hall–Kier alpha value is -1.39. The van der Waals surface area contributed by atoms with E-state index in [1.165, 1.54) is 6.20 Å².